The third kappa shape index (κ3) is 2.89. The number of nitriles is 1. The highest BCUT2D eigenvalue weighted by Gasteiger charge is 2.02. The Labute approximate surface area is 107 Å². The van der Waals surface area contributed by atoms with Gasteiger partial charge in [-0.3, -0.25) is 0 Å². The molecule has 0 saturated heterocycles. The lowest BCUT2D eigenvalue weighted by Crippen LogP contribution is -1.96. The summed E-state index contributed by atoms with van der Waals surface area (Å²) in [6, 6.07) is 17.8. The lowest BCUT2D eigenvalue weighted by molar-refractivity contribution is 0.306. The van der Waals surface area contributed by atoms with Crippen LogP contribution in [0.15, 0.2) is 48.5 Å². The molecule has 2 nitrogen and oxygen atoms in total. The Morgan fingerprint density at radius 3 is 2.56 bits per heavy atom. The van der Waals surface area contributed by atoms with E-state index in [2.05, 4.69) is 6.07 Å². The van der Waals surface area contributed by atoms with Gasteiger partial charge in [0, 0.05) is 0 Å². The second-order valence-corrected chi connectivity index (χ2v) is 4.06. The van der Waals surface area contributed by atoms with Crippen LogP contribution in [0.5, 0.6) is 5.75 Å². The lowest BCUT2D eigenvalue weighted by atomic mass is 10.1. The fourth-order valence-corrected chi connectivity index (χ4v) is 1.80. The Hall–Kier alpha value is -2.27. The smallest absolute Gasteiger partial charge is 0.120 e. The quantitative estimate of drug-likeness (QED) is 0.812. The molecule has 0 bridgehead atoms. The standard InChI is InChI=1S/C16H15NO/c1-2-14-10-16(9-8-15(14)11-17)18-12-13-6-4-3-5-7-13/h3-10H,2,12H2,1H3. The summed E-state index contributed by atoms with van der Waals surface area (Å²) in [4.78, 5) is 0. The van der Waals surface area contributed by atoms with Gasteiger partial charge in [0.05, 0.1) is 11.6 Å². The Bertz CT molecular complexity index is 555. The highest BCUT2D eigenvalue weighted by molar-refractivity contribution is 5.42. The summed E-state index contributed by atoms with van der Waals surface area (Å²) in [5.41, 5.74) is 2.90. The molecule has 0 saturated carbocycles. The van der Waals surface area contributed by atoms with Crippen molar-refractivity contribution in [3.8, 4) is 11.8 Å². The van der Waals surface area contributed by atoms with Crippen molar-refractivity contribution in [1.82, 2.24) is 0 Å². The van der Waals surface area contributed by atoms with Crippen LogP contribution in [-0.4, -0.2) is 0 Å². The number of ether oxygens (including phenoxy) is 1. The van der Waals surface area contributed by atoms with E-state index in [1.165, 1.54) is 0 Å². The molecule has 0 N–H and O–H groups in total. The maximum atomic E-state index is 8.96. The molecule has 0 radical (unpaired) electrons. The summed E-state index contributed by atoms with van der Waals surface area (Å²) < 4.78 is 5.72. The van der Waals surface area contributed by atoms with Crippen LogP contribution in [-0.2, 0) is 13.0 Å². The van der Waals surface area contributed by atoms with Gasteiger partial charge in [0.25, 0.3) is 0 Å². The first-order valence-corrected chi connectivity index (χ1v) is 6.03. The van der Waals surface area contributed by atoms with Gasteiger partial charge in [-0.1, -0.05) is 37.3 Å². The molecule has 0 aliphatic heterocycles. The fraction of sp³-hybridized carbons (Fsp3) is 0.188. The third-order valence-electron chi connectivity index (χ3n) is 2.83. The zero-order valence-electron chi connectivity index (χ0n) is 10.4. The molecule has 0 aromatic heterocycles. The van der Waals surface area contributed by atoms with Gasteiger partial charge in [0.15, 0.2) is 0 Å². The summed E-state index contributed by atoms with van der Waals surface area (Å²) in [5, 5.41) is 8.96. The van der Waals surface area contributed by atoms with Gasteiger partial charge in [0.1, 0.15) is 12.4 Å². The summed E-state index contributed by atoms with van der Waals surface area (Å²) >= 11 is 0. The van der Waals surface area contributed by atoms with Crippen LogP contribution in [0, 0.1) is 11.3 Å². The average Bonchev–Trinajstić information content (AvgIpc) is 2.45. The summed E-state index contributed by atoms with van der Waals surface area (Å²) in [7, 11) is 0. The van der Waals surface area contributed by atoms with Crippen LogP contribution >= 0.6 is 0 Å². The topological polar surface area (TPSA) is 33.0 Å². The lowest BCUT2D eigenvalue weighted by Gasteiger charge is -2.08. The molecule has 2 rings (SSSR count). The predicted molar refractivity (Wildman–Crippen MR) is 71.3 cm³/mol. The van der Waals surface area contributed by atoms with Crippen molar-refractivity contribution in [2.75, 3.05) is 0 Å². The minimum Gasteiger partial charge on any atom is -0.489 e. The van der Waals surface area contributed by atoms with Gasteiger partial charge < -0.3 is 4.74 Å². The van der Waals surface area contributed by atoms with Gasteiger partial charge in [-0.2, -0.15) is 5.26 Å². The van der Waals surface area contributed by atoms with E-state index < -0.39 is 0 Å². The normalized spacial score (nSPS) is 9.78. The van der Waals surface area contributed by atoms with E-state index in [1.807, 2.05) is 55.5 Å². The fourth-order valence-electron chi connectivity index (χ4n) is 1.80. The SMILES string of the molecule is CCc1cc(OCc2ccccc2)ccc1C#N. The van der Waals surface area contributed by atoms with Gasteiger partial charge in [-0.05, 0) is 35.7 Å². The number of benzene rings is 2. The summed E-state index contributed by atoms with van der Waals surface area (Å²) in [6.07, 6.45) is 0.839. The van der Waals surface area contributed by atoms with Crippen molar-refractivity contribution >= 4 is 0 Å². The maximum absolute atomic E-state index is 8.96. The molecule has 0 atom stereocenters. The number of hydrogen-bond acceptors (Lipinski definition) is 2. The third-order valence-corrected chi connectivity index (χ3v) is 2.83. The Morgan fingerprint density at radius 2 is 1.89 bits per heavy atom. The molecule has 0 amide bonds. The number of nitrogens with zero attached hydrogens (tertiary/aromatic N) is 1. The van der Waals surface area contributed by atoms with Crippen molar-refractivity contribution in [2.24, 2.45) is 0 Å². The van der Waals surface area contributed by atoms with Crippen LogP contribution in [0.4, 0.5) is 0 Å². The Morgan fingerprint density at radius 1 is 1.11 bits per heavy atom. The van der Waals surface area contributed by atoms with Crippen molar-refractivity contribution in [3.63, 3.8) is 0 Å². The van der Waals surface area contributed by atoms with E-state index in [4.69, 9.17) is 10.00 Å². The van der Waals surface area contributed by atoms with Gasteiger partial charge in [0.2, 0.25) is 0 Å². The molecule has 2 aromatic rings. The minimum atomic E-state index is 0.551. The number of rotatable bonds is 4. The van der Waals surface area contributed by atoms with E-state index in [-0.39, 0.29) is 0 Å². The minimum absolute atomic E-state index is 0.551. The highest BCUT2D eigenvalue weighted by atomic mass is 16.5. The van der Waals surface area contributed by atoms with Crippen LogP contribution in [0.2, 0.25) is 0 Å². The van der Waals surface area contributed by atoms with Crippen LogP contribution in [0.1, 0.15) is 23.6 Å². The van der Waals surface area contributed by atoms with Crippen molar-refractivity contribution in [3.05, 3.63) is 65.2 Å². The van der Waals surface area contributed by atoms with Crippen molar-refractivity contribution in [2.45, 2.75) is 20.0 Å². The van der Waals surface area contributed by atoms with Crippen LogP contribution in [0.25, 0.3) is 0 Å². The van der Waals surface area contributed by atoms with E-state index in [1.54, 1.807) is 0 Å². The summed E-state index contributed by atoms with van der Waals surface area (Å²) in [5.74, 6) is 0.815. The van der Waals surface area contributed by atoms with E-state index >= 15 is 0 Å². The molecule has 90 valence electrons. The molecule has 0 aliphatic carbocycles. The molecule has 2 aromatic carbocycles. The Balaban J connectivity index is 2.09. The molecule has 18 heavy (non-hydrogen) atoms. The molecule has 0 spiro atoms. The number of hydrogen-bond donors (Lipinski definition) is 0. The predicted octanol–water partition coefficient (Wildman–Crippen LogP) is 3.70. The molecule has 0 heterocycles. The van der Waals surface area contributed by atoms with Crippen LogP contribution < -0.4 is 4.74 Å². The molecule has 0 unspecified atom stereocenters. The second kappa shape index (κ2) is 5.88. The zero-order chi connectivity index (χ0) is 12.8. The first-order valence-electron chi connectivity index (χ1n) is 6.03. The van der Waals surface area contributed by atoms with E-state index in [9.17, 15) is 0 Å². The van der Waals surface area contributed by atoms with Gasteiger partial charge in [-0.15, -0.1) is 0 Å². The first kappa shape index (κ1) is 12.2. The van der Waals surface area contributed by atoms with Crippen molar-refractivity contribution < 1.29 is 4.74 Å². The van der Waals surface area contributed by atoms with Gasteiger partial charge in [-0.25, -0.2) is 0 Å². The van der Waals surface area contributed by atoms with Crippen molar-refractivity contribution in [1.29, 1.82) is 5.26 Å². The summed E-state index contributed by atoms with van der Waals surface area (Å²) in [6.45, 7) is 2.59. The number of aryl methyl sites for hydroxylation is 1. The Kier molecular flexibility index (Phi) is 3.98. The molecule has 0 fully saturated rings. The maximum Gasteiger partial charge on any atom is 0.120 e. The molecule has 2 heteroatoms. The average molecular weight is 237 g/mol. The second-order valence-electron chi connectivity index (χ2n) is 4.06. The molecular formula is C16H15NO. The highest BCUT2D eigenvalue weighted by Crippen LogP contribution is 2.19. The largest absolute Gasteiger partial charge is 0.489 e. The zero-order valence-corrected chi connectivity index (χ0v) is 10.4. The monoisotopic (exact) mass is 237 g/mol. The molecule has 0 aliphatic rings. The van der Waals surface area contributed by atoms with E-state index in [0.29, 0.717) is 6.61 Å². The van der Waals surface area contributed by atoms with Crippen LogP contribution in [0.3, 0.4) is 0 Å². The van der Waals surface area contributed by atoms with E-state index in [0.717, 1.165) is 28.9 Å². The first-order chi connectivity index (χ1) is 8.83. The van der Waals surface area contributed by atoms with Gasteiger partial charge >= 0.3 is 0 Å². The molecular weight excluding hydrogens is 222 g/mol.